The molecule has 4 heteroatoms. The molecule has 0 amide bonds. The highest BCUT2D eigenvalue weighted by molar-refractivity contribution is 7.71. The molecule has 2 aromatic carbocycles. The minimum absolute atomic E-state index is 0.609. The Morgan fingerprint density at radius 1 is 1.00 bits per heavy atom. The highest BCUT2D eigenvalue weighted by atomic mass is 32.1. The SMILES string of the molecule is Cc1cccc(-n2c(-c3ccccc3)n[nH]c2=S)c1C. The Morgan fingerprint density at radius 3 is 2.50 bits per heavy atom. The van der Waals surface area contributed by atoms with Crippen molar-refractivity contribution in [3.63, 3.8) is 0 Å². The van der Waals surface area contributed by atoms with Gasteiger partial charge in [0.25, 0.3) is 0 Å². The average molecular weight is 281 g/mol. The molecular weight excluding hydrogens is 266 g/mol. The number of rotatable bonds is 2. The molecule has 3 aromatic rings. The predicted molar refractivity (Wildman–Crippen MR) is 83.7 cm³/mol. The van der Waals surface area contributed by atoms with E-state index in [0.29, 0.717) is 4.77 Å². The van der Waals surface area contributed by atoms with Gasteiger partial charge in [0.1, 0.15) is 0 Å². The van der Waals surface area contributed by atoms with E-state index in [2.05, 4.69) is 36.2 Å². The summed E-state index contributed by atoms with van der Waals surface area (Å²) in [6, 6.07) is 16.3. The molecule has 0 saturated carbocycles. The van der Waals surface area contributed by atoms with Crippen LogP contribution in [0.15, 0.2) is 48.5 Å². The fourth-order valence-corrected chi connectivity index (χ4v) is 2.51. The summed E-state index contributed by atoms with van der Waals surface area (Å²) in [7, 11) is 0. The molecule has 0 saturated heterocycles. The number of benzene rings is 2. The number of aryl methyl sites for hydroxylation is 1. The molecule has 0 unspecified atom stereocenters. The maximum Gasteiger partial charge on any atom is 0.200 e. The number of aromatic nitrogens is 3. The fourth-order valence-electron chi connectivity index (χ4n) is 2.28. The van der Waals surface area contributed by atoms with E-state index >= 15 is 0 Å². The Morgan fingerprint density at radius 2 is 1.75 bits per heavy atom. The largest absolute Gasteiger partial charge is 0.268 e. The van der Waals surface area contributed by atoms with E-state index in [9.17, 15) is 0 Å². The zero-order valence-corrected chi connectivity index (χ0v) is 12.2. The van der Waals surface area contributed by atoms with Crippen LogP contribution in [0.3, 0.4) is 0 Å². The van der Waals surface area contributed by atoms with E-state index in [1.807, 2.05) is 41.0 Å². The van der Waals surface area contributed by atoms with Crippen LogP contribution in [0, 0.1) is 18.6 Å². The zero-order chi connectivity index (χ0) is 14.1. The lowest BCUT2D eigenvalue weighted by Gasteiger charge is -2.11. The van der Waals surface area contributed by atoms with Gasteiger partial charge in [-0.2, -0.15) is 5.10 Å². The second-order valence-electron chi connectivity index (χ2n) is 4.77. The van der Waals surface area contributed by atoms with Crippen LogP contribution in [0.4, 0.5) is 0 Å². The summed E-state index contributed by atoms with van der Waals surface area (Å²) in [5.41, 5.74) is 4.56. The van der Waals surface area contributed by atoms with Gasteiger partial charge in [0.15, 0.2) is 10.6 Å². The van der Waals surface area contributed by atoms with Gasteiger partial charge >= 0.3 is 0 Å². The lowest BCUT2D eigenvalue weighted by molar-refractivity contribution is 1.02. The molecular formula is C16H15N3S. The van der Waals surface area contributed by atoms with Crippen molar-refractivity contribution in [3.05, 3.63) is 64.4 Å². The van der Waals surface area contributed by atoms with Gasteiger partial charge in [-0.05, 0) is 43.3 Å². The minimum atomic E-state index is 0.609. The third kappa shape index (κ3) is 2.08. The molecule has 0 radical (unpaired) electrons. The third-order valence-electron chi connectivity index (χ3n) is 3.52. The lowest BCUT2D eigenvalue weighted by Crippen LogP contribution is -2.01. The van der Waals surface area contributed by atoms with Gasteiger partial charge in [-0.15, -0.1) is 0 Å². The van der Waals surface area contributed by atoms with Crippen molar-refractivity contribution in [2.24, 2.45) is 0 Å². The van der Waals surface area contributed by atoms with E-state index in [1.54, 1.807) is 0 Å². The average Bonchev–Trinajstić information content (AvgIpc) is 2.85. The summed E-state index contributed by atoms with van der Waals surface area (Å²) in [6.07, 6.45) is 0. The van der Waals surface area contributed by atoms with Crippen LogP contribution in [0.25, 0.3) is 17.1 Å². The van der Waals surface area contributed by atoms with Crippen molar-refractivity contribution in [2.45, 2.75) is 13.8 Å². The van der Waals surface area contributed by atoms with Gasteiger partial charge in [0.2, 0.25) is 0 Å². The first-order valence-corrected chi connectivity index (χ1v) is 6.89. The van der Waals surface area contributed by atoms with Gasteiger partial charge in [-0.3, -0.25) is 9.67 Å². The second kappa shape index (κ2) is 5.06. The third-order valence-corrected chi connectivity index (χ3v) is 3.80. The Bertz CT molecular complexity index is 800. The number of nitrogens with zero attached hydrogens (tertiary/aromatic N) is 2. The fraction of sp³-hybridized carbons (Fsp3) is 0.125. The quantitative estimate of drug-likeness (QED) is 0.714. The molecule has 0 spiro atoms. The van der Waals surface area contributed by atoms with Crippen LogP contribution < -0.4 is 0 Å². The highest BCUT2D eigenvalue weighted by Gasteiger charge is 2.12. The summed E-state index contributed by atoms with van der Waals surface area (Å²) >= 11 is 5.40. The van der Waals surface area contributed by atoms with Crippen LogP contribution in [0.2, 0.25) is 0 Å². The topological polar surface area (TPSA) is 33.6 Å². The first-order chi connectivity index (χ1) is 9.68. The number of aromatic amines is 1. The Hall–Kier alpha value is -2.20. The summed E-state index contributed by atoms with van der Waals surface area (Å²) in [6.45, 7) is 4.21. The second-order valence-corrected chi connectivity index (χ2v) is 5.16. The minimum Gasteiger partial charge on any atom is -0.268 e. The molecule has 1 N–H and O–H groups in total. The van der Waals surface area contributed by atoms with Crippen LogP contribution in [0.1, 0.15) is 11.1 Å². The molecule has 0 bridgehead atoms. The molecule has 100 valence electrons. The number of nitrogens with one attached hydrogen (secondary N) is 1. The van der Waals surface area contributed by atoms with E-state index in [-0.39, 0.29) is 0 Å². The van der Waals surface area contributed by atoms with E-state index in [1.165, 1.54) is 11.1 Å². The first-order valence-electron chi connectivity index (χ1n) is 6.48. The van der Waals surface area contributed by atoms with Crippen LogP contribution in [0.5, 0.6) is 0 Å². The van der Waals surface area contributed by atoms with Crippen LogP contribution >= 0.6 is 12.2 Å². The monoisotopic (exact) mass is 281 g/mol. The Labute approximate surface area is 122 Å². The normalized spacial score (nSPS) is 10.7. The van der Waals surface area contributed by atoms with Crippen molar-refractivity contribution in [3.8, 4) is 17.1 Å². The molecule has 0 aliphatic carbocycles. The first kappa shape index (κ1) is 12.8. The van der Waals surface area contributed by atoms with Crippen molar-refractivity contribution in [1.82, 2.24) is 14.8 Å². The van der Waals surface area contributed by atoms with Gasteiger partial charge < -0.3 is 0 Å². The molecule has 0 fully saturated rings. The summed E-state index contributed by atoms with van der Waals surface area (Å²) < 4.78 is 2.60. The van der Waals surface area contributed by atoms with E-state index < -0.39 is 0 Å². The van der Waals surface area contributed by atoms with Crippen molar-refractivity contribution < 1.29 is 0 Å². The van der Waals surface area contributed by atoms with Gasteiger partial charge in [-0.25, -0.2) is 0 Å². The maximum absolute atomic E-state index is 5.40. The summed E-state index contributed by atoms with van der Waals surface area (Å²) in [5, 5.41) is 7.28. The number of hydrogen-bond acceptors (Lipinski definition) is 2. The van der Waals surface area contributed by atoms with Gasteiger partial charge in [-0.1, -0.05) is 42.5 Å². The molecule has 3 nitrogen and oxygen atoms in total. The smallest absolute Gasteiger partial charge is 0.200 e. The summed E-state index contributed by atoms with van der Waals surface area (Å²) in [5.74, 6) is 0.837. The van der Waals surface area contributed by atoms with Crippen molar-refractivity contribution in [1.29, 1.82) is 0 Å². The van der Waals surface area contributed by atoms with Gasteiger partial charge in [0, 0.05) is 5.56 Å². The van der Waals surface area contributed by atoms with E-state index in [4.69, 9.17) is 12.2 Å². The van der Waals surface area contributed by atoms with E-state index in [0.717, 1.165) is 17.1 Å². The molecule has 0 aliphatic heterocycles. The van der Waals surface area contributed by atoms with Crippen molar-refractivity contribution in [2.75, 3.05) is 0 Å². The van der Waals surface area contributed by atoms with Crippen molar-refractivity contribution >= 4 is 12.2 Å². The standard InChI is InChI=1S/C16H15N3S/c1-11-7-6-10-14(12(11)2)19-15(17-18-16(19)20)13-8-4-3-5-9-13/h3-10H,1-2H3,(H,18,20). The molecule has 0 atom stereocenters. The molecule has 1 aromatic heterocycles. The van der Waals surface area contributed by atoms with Crippen LogP contribution in [-0.4, -0.2) is 14.8 Å². The van der Waals surface area contributed by atoms with Gasteiger partial charge in [0.05, 0.1) is 5.69 Å². The predicted octanol–water partition coefficient (Wildman–Crippen LogP) is 4.21. The number of hydrogen-bond donors (Lipinski definition) is 1. The molecule has 3 rings (SSSR count). The molecule has 1 heterocycles. The molecule has 20 heavy (non-hydrogen) atoms. The highest BCUT2D eigenvalue weighted by Crippen LogP contribution is 2.24. The summed E-state index contributed by atoms with van der Waals surface area (Å²) in [4.78, 5) is 0. The Kier molecular flexibility index (Phi) is 3.24. The van der Waals surface area contributed by atoms with Crippen LogP contribution in [-0.2, 0) is 0 Å². The maximum atomic E-state index is 5.40. The Balaban J connectivity index is 2.28. The molecule has 0 aliphatic rings. The lowest BCUT2D eigenvalue weighted by atomic mass is 10.1. The zero-order valence-electron chi connectivity index (χ0n) is 11.4. The number of H-pyrrole nitrogens is 1.